The Labute approximate surface area is 161 Å². The molecule has 0 aromatic carbocycles. The number of ether oxygens (including phenoxy) is 2. The van der Waals surface area contributed by atoms with Gasteiger partial charge in [0.15, 0.2) is 11.6 Å². The Morgan fingerprint density at radius 2 is 2.04 bits per heavy atom. The normalized spacial score (nSPS) is 17.4. The van der Waals surface area contributed by atoms with Crippen LogP contribution in [-0.2, 0) is 16.0 Å². The monoisotopic (exact) mass is 379 g/mol. The van der Waals surface area contributed by atoms with E-state index in [1.54, 1.807) is 0 Å². The number of aromatic nitrogens is 5. The fraction of sp³-hybridized carbons (Fsp3) is 0.350. The molecule has 1 atom stereocenters. The van der Waals surface area contributed by atoms with E-state index in [0.717, 1.165) is 22.8 Å². The van der Waals surface area contributed by atoms with Crippen molar-refractivity contribution >= 4 is 5.65 Å². The van der Waals surface area contributed by atoms with Gasteiger partial charge in [-0.1, -0.05) is 6.07 Å². The van der Waals surface area contributed by atoms with E-state index in [9.17, 15) is 0 Å². The van der Waals surface area contributed by atoms with E-state index in [1.165, 1.54) is 0 Å². The highest BCUT2D eigenvalue weighted by Gasteiger charge is 2.24. The van der Waals surface area contributed by atoms with Crippen molar-refractivity contribution in [2.24, 2.45) is 0 Å². The second-order valence-electron chi connectivity index (χ2n) is 6.89. The maximum Gasteiger partial charge on any atom is 0.217 e. The lowest BCUT2D eigenvalue weighted by molar-refractivity contribution is -0.0944. The first-order valence-electron chi connectivity index (χ1n) is 9.34. The summed E-state index contributed by atoms with van der Waals surface area (Å²) in [6.07, 6.45) is 1.93. The summed E-state index contributed by atoms with van der Waals surface area (Å²) in [5.74, 6) is 2.69. The van der Waals surface area contributed by atoms with E-state index >= 15 is 0 Å². The molecule has 1 saturated heterocycles. The Kier molecular flexibility index (Phi) is 4.22. The van der Waals surface area contributed by atoms with Gasteiger partial charge in [0, 0.05) is 6.20 Å². The molecule has 0 radical (unpaired) electrons. The van der Waals surface area contributed by atoms with E-state index in [1.807, 2.05) is 59.5 Å². The van der Waals surface area contributed by atoms with Crippen LogP contribution in [0, 0.1) is 13.8 Å². The minimum absolute atomic E-state index is 0.0716. The lowest BCUT2D eigenvalue weighted by atomic mass is 10.3. The summed E-state index contributed by atoms with van der Waals surface area (Å²) < 4.78 is 21.0. The Balaban J connectivity index is 1.61. The average Bonchev–Trinajstić information content (AvgIpc) is 3.41. The van der Waals surface area contributed by atoms with E-state index in [4.69, 9.17) is 29.0 Å². The van der Waals surface area contributed by atoms with Gasteiger partial charge in [-0.15, -0.1) is 5.10 Å². The SMILES string of the molecule is Cc1ccc(-c2nc(-c3nc4ccccn4c3C)n(CC3COCCO3)n2)o1. The molecule has 1 unspecified atom stereocenters. The first-order chi connectivity index (χ1) is 13.7. The van der Waals surface area contributed by atoms with Crippen molar-refractivity contribution in [2.45, 2.75) is 26.5 Å². The van der Waals surface area contributed by atoms with Crippen molar-refractivity contribution in [3.05, 3.63) is 48.0 Å². The molecule has 144 valence electrons. The van der Waals surface area contributed by atoms with Gasteiger partial charge >= 0.3 is 0 Å². The van der Waals surface area contributed by atoms with Crippen LogP contribution in [0.25, 0.3) is 28.8 Å². The number of furan rings is 1. The Hall–Kier alpha value is -2.97. The fourth-order valence-electron chi connectivity index (χ4n) is 3.47. The zero-order valence-corrected chi connectivity index (χ0v) is 15.8. The van der Waals surface area contributed by atoms with Crippen LogP contribution in [0.1, 0.15) is 11.5 Å². The molecule has 1 aliphatic heterocycles. The van der Waals surface area contributed by atoms with Gasteiger partial charge in [0.1, 0.15) is 23.2 Å². The van der Waals surface area contributed by atoms with Gasteiger partial charge in [-0.3, -0.25) is 0 Å². The molecule has 8 nitrogen and oxygen atoms in total. The van der Waals surface area contributed by atoms with Crippen LogP contribution in [0.15, 0.2) is 40.9 Å². The molecule has 0 bridgehead atoms. The van der Waals surface area contributed by atoms with E-state index in [0.29, 0.717) is 43.8 Å². The number of nitrogens with zero attached hydrogens (tertiary/aromatic N) is 5. The quantitative estimate of drug-likeness (QED) is 0.542. The van der Waals surface area contributed by atoms with E-state index in [-0.39, 0.29) is 6.10 Å². The molecule has 8 heteroatoms. The summed E-state index contributed by atoms with van der Waals surface area (Å²) in [5.41, 5.74) is 2.68. The number of fused-ring (bicyclic) bond motifs is 1. The highest BCUT2D eigenvalue weighted by molar-refractivity contribution is 5.62. The minimum atomic E-state index is -0.0716. The van der Waals surface area contributed by atoms with Crippen LogP contribution < -0.4 is 0 Å². The number of hydrogen-bond acceptors (Lipinski definition) is 6. The van der Waals surface area contributed by atoms with Gasteiger partial charge in [-0.25, -0.2) is 14.6 Å². The van der Waals surface area contributed by atoms with Crippen molar-refractivity contribution < 1.29 is 13.9 Å². The molecule has 4 aromatic heterocycles. The van der Waals surface area contributed by atoms with Crippen LogP contribution in [0.3, 0.4) is 0 Å². The fourth-order valence-corrected chi connectivity index (χ4v) is 3.47. The highest BCUT2D eigenvalue weighted by Crippen LogP contribution is 2.27. The number of hydrogen-bond donors (Lipinski definition) is 0. The summed E-state index contributed by atoms with van der Waals surface area (Å²) in [4.78, 5) is 9.56. The summed E-state index contributed by atoms with van der Waals surface area (Å²) >= 11 is 0. The molecular weight excluding hydrogens is 358 g/mol. The summed E-state index contributed by atoms with van der Waals surface area (Å²) in [6, 6.07) is 9.73. The van der Waals surface area contributed by atoms with E-state index in [2.05, 4.69) is 0 Å². The summed E-state index contributed by atoms with van der Waals surface area (Å²) in [7, 11) is 0. The Bertz CT molecular complexity index is 1120. The van der Waals surface area contributed by atoms with Gasteiger partial charge in [0.25, 0.3) is 0 Å². The molecule has 0 amide bonds. The minimum Gasteiger partial charge on any atom is -0.458 e. The van der Waals surface area contributed by atoms with Crippen molar-refractivity contribution in [2.75, 3.05) is 19.8 Å². The van der Waals surface area contributed by atoms with Crippen molar-refractivity contribution in [3.8, 4) is 23.1 Å². The molecule has 0 spiro atoms. The highest BCUT2D eigenvalue weighted by atomic mass is 16.6. The zero-order chi connectivity index (χ0) is 19.1. The smallest absolute Gasteiger partial charge is 0.217 e. The summed E-state index contributed by atoms with van der Waals surface area (Å²) in [5, 5.41) is 4.70. The maximum absolute atomic E-state index is 5.82. The third-order valence-corrected chi connectivity index (χ3v) is 4.87. The first-order valence-corrected chi connectivity index (χ1v) is 9.34. The largest absolute Gasteiger partial charge is 0.458 e. The molecule has 5 rings (SSSR count). The Morgan fingerprint density at radius 1 is 1.11 bits per heavy atom. The first kappa shape index (κ1) is 17.2. The van der Waals surface area contributed by atoms with Gasteiger partial charge in [0.05, 0.1) is 32.1 Å². The third kappa shape index (κ3) is 3.00. The predicted molar refractivity (Wildman–Crippen MR) is 102 cm³/mol. The van der Waals surface area contributed by atoms with Crippen LogP contribution >= 0.6 is 0 Å². The molecule has 0 aliphatic carbocycles. The third-order valence-electron chi connectivity index (χ3n) is 4.87. The molecule has 5 heterocycles. The number of imidazole rings is 1. The molecule has 28 heavy (non-hydrogen) atoms. The van der Waals surface area contributed by atoms with Crippen molar-refractivity contribution in [1.82, 2.24) is 24.1 Å². The molecule has 4 aromatic rings. The maximum atomic E-state index is 5.82. The second kappa shape index (κ2) is 6.88. The number of pyridine rings is 1. The number of rotatable bonds is 4. The van der Waals surface area contributed by atoms with Gasteiger partial charge < -0.3 is 18.3 Å². The lowest BCUT2D eigenvalue weighted by Crippen LogP contribution is -2.32. The molecule has 1 aliphatic rings. The standard InChI is InChI=1S/C20H21N5O3/c1-13-6-7-16(28-13)19-22-20(25(23-19)11-15-12-26-9-10-27-15)18-14(2)24-8-4-3-5-17(24)21-18/h3-8,15H,9-12H2,1-2H3. The Morgan fingerprint density at radius 3 is 2.79 bits per heavy atom. The van der Waals surface area contributed by atoms with Gasteiger partial charge in [-0.2, -0.15) is 0 Å². The second-order valence-corrected chi connectivity index (χ2v) is 6.89. The molecular formula is C20H21N5O3. The van der Waals surface area contributed by atoms with Crippen molar-refractivity contribution in [3.63, 3.8) is 0 Å². The van der Waals surface area contributed by atoms with Gasteiger partial charge in [-0.05, 0) is 38.1 Å². The zero-order valence-electron chi connectivity index (χ0n) is 15.8. The summed E-state index contributed by atoms with van der Waals surface area (Å²) in [6.45, 7) is 6.23. The van der Waals surface area contributed by atoms with Crippen LogP contribution in [0.5, 0.6) is 0 Å². The van der Waals surface area contributed by atoms with Crippen LogP contribution in [0.4, 0.5) is 0 Å². The van der Waals surface area contributed by atoms with E-state index < -0.39 is 0 Å². The van der Waals surface area contributed by atoms with Gasteiger partial charge in [0.2, 0.25) is 5.82 Å². The molecule has 0 N–H and O–H groups in total. The molecule has 0 saturated carbocycles. The topological polar surface area (TPSA) is 79.6 Å². The predicted octanol–water partition coefficient (Wildman–Crippen LogP) is 2.89. The van der Waals surface area contributed by atoms with Crippen molar-refractivity contribution in [1.29, 1.82) is 0 Å². The lowest BCUT2D eigenvalue weighted by Gasteiger charge is -2.23. The van der Waals surface area contributed by atoms with Crippen LogP contribution in [0.2, 0.25) is 0 Å². The van der Waals surface area contributed by atoms with Crippen LogP contribution in [-0.4, -0.2) is 50.1 Å². The molecule has 1 fully saturated rings. The average molecular weight is 379 g/mol. The number of aryl methyl sites for hydroxylation is 2.